The summed E-state index contributed by atoms with van der Waals surface area (Å²) in [5.41, 5.74) is 0. The summed E-state index contributed by atoms with van der Waals surface area (Å²) in [5, 5.41) is 3.31. The van der Waals surface area contributed by atoms with E-state index in [1.807, 2.05) is 7.05 Å². The van der Waals surface area contributed by atoms with Gasteiger partial charge in [0.25, 0.3) is 5.92 Å². The Morgan fingerprint density at radius 2 is 1.79 bits per heavy atom. The highest BCUT2D eigenvalue weighted by molar-refractivity contribution is 4.78. The fourth-order valence-electron chi connectivity index (χ4n) is 2.97. The van der Waals surface area contributed by atoms with Gasteiger partial charge in [-0.3, -0.25) is 0 Å². The fraction of sp³-hybridized carbons (Fsp3) is 1.00. The topological polar surface area (TPSA) is 24.5 Å². The number of alkyl halides is 2. The van der Waals surface area contributed by atoms with Crippen LogP contribution in [0.3, 0.4) is 0 Å². The zero-order valence-corrected chi connectivity index (χ0v) is 11.8. The van der Waals surface area contributed by atoms with Gasteiger partial charge in [-0.25, -0.2) is 8.78 Å². The number of ether oxygens (including phenoxy) is 1. The second kappa shape index (κ2) is 6.95. The van der Waals surface area contributed by atoms with E-state index in [0.717, 1.165) is 19.4 Å². The van der Waals surface area contributed by atoms with Crippen LogP contribution in [0.5, 0.6) is 0 Å². The molecule has 1 aliphatic carbocycles. The third-order valence-corrected chi connectivity index (χ3v) is 4.43. The van der Waals surface area contributed by atoms with Crippen LogP contribution in [0.15, 0.2) is 0 Å². The molecule has 2 rings (SSSR count). The first-order chi connectivity index (χ1) is 9.09. The van der Waals surface area contributed by atoms with Crippen molar-refractivity contribution in [3.63, 3.8) is 0 Å². The van der Waals surface area contributed by atoms with Gasteiger partial charge in [0.15, 0.2) is 0 Å². The Bertz CT molecular complexity index is 258. The Morgan fingerprint density at radius 3 is 2.37 bits per heavy atom. The summed E-state index contributed by atoms with van der Waals surface area (Å²) >= 11 is 0. The van der Waals surface area contributed by atoms with Gasteiger partial charge in [-0.15, -0.1) is 0 Å². The average molecular weight is 276 g/mol. The van der Waals surface area contributed by atoms with Gasteiger partial charge in [-0.2, -0.15) is 0 Å². The number of hydrogen-bond donors (Lipinski definition) is 1. The summed E-state index contributed by atoms with van der Waals surface area (Å²) in [5.74, 6) is -2.44. The minimum absolute atomic E-state index is 0.000276. The molecule has 0 spiro atoms. The van der Waals surface area contributed by atoms with Crippen molar-refractivity contribution in [2.75, 3.05) is 33.3 Å². The molecular weight excluding hydrogens is 250 g/mol. The van der Waals surface area contributed by atoms with Crippen molar-refractivity contribution < 1.29 is 13.5 Å². The second-order valence-electron chi connectivity index (χ2n) is 5.83. The molecule has 3 nitrogen and oxygen atoms in total. The number of hydrogen-bond acceptors (Lipinski definition) is 3. The zero-order chi connectivity index (χ0) is 13.7. The molecule has 1 saturated carbocycles. The van der Waals surface area contributed by atoms with Crippen LogP contribution in [0.1, 0.15) is 38.5 Å². The average Bonchev–Trinajstić information content (AvgIpc) is 2.41. The number of nitrogens with zero attached hydrogens (tertiary/aromatic N) is 1. The van der Waals surface area contributed by atoms with Gasteiger partial charge in [0.1, 0.15) is 0 Å². The lowest BCUT2D eigenvalue weighted by Gasteiger charge is -2.32. The van der Waals surface area contributed by atoms with Crippen LogP contribution in [0, 0.1) is 0 Å². The predicted molar refractivity (Wildman–Crippen MR) is 71.7 cm³/mol. The van der Waals surface area contributed by atoms with Gasteiger partial charge in [0.05, 0.1) is 12.7 Å². The maximum atomic E-state index is 13.0. The minimum Gasteiger partial charge on any atom is -0.377 e. The number of piperidine rings is 1. The van der Waals surface area contributed by atoms with E-state index in [1.165, 1.54) is 12.8 Å². The molecule has 1 N–H and O–H groups in total. The SMILES string of the molecule is CNC1CCC(OCCN2CCC(F)(F)CC2)CC1. The van der Waals surface area contributed by atoms with Gasteiger partial charge in [0.2, 0.25) is 0 Å². The lowest BCUT2D eigenvalue weighted by Crippen LogP contribution is -2.41. The van der Waals surface area contributed by atoms with Crippen LogP contribution in [0.2, 0.25) is 0 Å². The van der Waals surface area contributed by atoms with Gasteiger partial charge in [-0.1, -0.05) is 0 Å². The largest absolute Gasteiger partial charge is 0.377 e. The van der Waals surface area contributed by atoms with E-state index in [1.54, 1.807) is 0 Å². The van der Waals surface area contributed by atoms with Crippen LogP contribution in [0.4, 0.5) is 8.78 Å². The van der Waals surface area contributed by atoms with Crippen molar-refractivity contribution in [1.82, 2.24) is 10.2 Å². The summed E-state index contributed by atoms with van der Waals surface area (Å²) in [4.78, 5) is 2.09. The number of rotatable bonds is 5. The molecule has 1 aliphatic heterocycles. The van der Waals surface area contributed by atoms with E-state index in [2.05, 4.69) is 10.2 Å². The van der Waals surface area contributed by atoms with Crippen LogP contribution in [0.25, 0.3) is 0 Å². The molecule has 19 heavy (non-hydrogen) atoms. The smallest absolute Gasteiger partial charge is 0.250 e. The molecule has 0 atom stereocenters. The molecule has 5 heteroatoms. The fourth-order valence-corrected chi connectivity index (χ4v) is 2.97. The summed E-state index contributed by atoms with van der Waals surface area (Å²) in [7, 11) is 2.01. The van der Waals surface area contributed by atoms with Crippen molar-refractivity contribution in [3.8, 4) is 0 Å². The third-order valence-electron chi connectivity index (χ3n) is 4.43. The van der Waals surface area contributed by atoms with E-state index in [9.17, 15) is 8.78 Å². The molecule has 0 aromatic heterocycles. The molecule has 0 radical (unpaired) electrons. The molecule has 0 aromatic rings. The zero-order valence-electron chi connectivity index (χ0n) is 11.8. The standard InChI is InChI=1S/C14H26F2N2O/c1-17-12-2-4-13(5-3-12)19-11-10-18-8-6-14(15,16)7-9-18/h12-13,17H,2-11H2,1H3. The maximum absolute atomic E-state index is 13.0. The Balaban J connectivity index is 1.55. The van der Waals surface area contributed by atoms with Crippen LogP contribution in [-0.4, -0.2) is 56.3 Å². The van der Waals surface area contributed by atoms with E-state index in [4.69, 9.17) is 4.74 Å². The maximum Gasteiger partial charge on any atom is 0.250 e. The Morgan fingerprint density at radius 1 is 1.16 bits per heavy atom. The highest BCUT2D eigenvalue weighted by Gasteiger charge is 2.33. The first-order valence-corrected chi connectivity index (χ1v) is 7.48. The molecule has 0 bridgehead atoms. The lowest BCUT2D eigenvalue weighted by atomic mass is 9.93. The number of likely N-dealkylation sites (tertiary alicyclic amines) is 1. The Hall–Kier alpha value is -0.260. The van der Waals surface area contributed by atoms with E-state index in [-0.39, 0.29) is 12.8 Å². The predicted octanol–water partition coefficient (Wildman–Crippen LogP) is 2.26. The Kier molecular flexibility index (Phi) is 5.54. The molecule has 1 heterocycles. The molecule has 0 aromatic carbocycles. The first-order valence-electron chi connectivity index (χ1n) is 7.48. The number of halogens is 2. The Labute approximate surface area is 114 Å². The quantitative estimate of drug-likeness (QED) is 0.833. The monoisotopic (exact) mass is 276 g/mol. The van der Waals surface area contributed by atoms with E-state index < -0.39 is 5.92 Å². The van der Waals surface area contributed by atoms with E-state index in [0.29, 0.717) is 31.8 Å². The summed E-state index contributed by atoms with van der Waals surface area (Å²) in [6.07, 6.45) is 4.96. The van der Waals surface area contributed by atoms with Crippen molar-refractivity contribution in [2.24, 2.45) is 0 Å². The summed E-state index contributed by atoms with van der Waals surface area (Å²) in [6, 6.07) is 0.643. The molecule has 1 saturated heterocycles. The van der Waals surface area contributed by atoms with Crippen LogP contribution in [-0.2, 0) is 4.74 Å². The molecule has 0 amide bonds. The van der Waals surface area contributed by atoms with Crippen LogP contribution < -0.4 is 5.32 Å². The van der Waals surface area contributed by atoms with Crippen molar-refractivity contribution in [2.45, 2.75) is 56.6 Å². The normalized spacial score (nSPS) is 32.4. The van der Waals surface area contributed by atoms with Gasteiger partial charge >= 0.3 is 0 Å². The molecule has 0 unspecified atom stereocenters. The van der Waals surface area contributed by atoms with E-state index >= 15 is 0 Å². The van der Waals surface area contributed by atoms with Crippen molar-refractivity contribution in [1.29, 1.82) is 0 Å². The molecule has 112 valence electrons. The highest BCUT2D eigenvalue weighted by Crippen LogP contribution is 2.27. The van der Waals surface area contributed by atoms with Gasteiger partial charge in [0, 0.05) is 38.5 Å². The summed E-state index contributed by atoms with van der Waals surface area (Å²) in [6.45, 7) is 2.48. The molecular formula is C14H26F2N2O. The minimum atomic E-state index is -2.44. The number of nitrogens with one attached hydrogen (secondary N) is 1. The molecule has 2 aliphatic rings. The van der Waals surface area contributed by atoms with Crippen LogP contribution >= 0.6 is 0 Å². The molecule has 2 fully saturated rings. The van der Waals surface area contributed by atoms with Crippen molar-refractivity contribution >= 4 is 0 Å². The highest BCUT2D eigenvalue weighted by atomic mass is 19.3. The van der Waals surface area contributed by atoms with Gasteiger partial charge < -0.3 is 15.0 Å². The third kappa shape index (κ3) is 4.97. The van der Waals surface area contributed by atoms with Gasteiger partial charge in [-0.05, 0) is 32.7 Å². The second-order valence-corrected chi connectivity index (χ2v) is 5.83. The summed E-state index contributed by atoms with van der Waals surface area (Å²) < 4.78 is 31.9. The lowest BCUT2D eigenvalue weighted by molar-refractivity contribution is -0.0627. The van der Waals surface area contributed by atoms with Crippen molar-refractivity contribution in [3.05, 3.63) is 0 Å². The first kappa shape index (κ1) is 15.1.